The highest BCUT2D eigenvalue weighted by Gasteiger charge is 2.30. The van der Waals surface area contributed by atoms with E-state index < -0.39 is 17.7 Å². The van der Waals surface area contributed by atoms with Gasteiger partial charge < -0.3 is 10.6 Å². The molecule has 6 heteroatoms. The number of fused-ring (bicyclic) bond motifs is 1. The molecule has 1 unspecified atom stereocenters. The fraction of sp³-hybridized carbons (Fsp3) is 0.0714. The van der Waals surface area contributed by atoms with Crippen molar-refractivity contribution in [2.24, 2.45) is 0 Å². The molecule has 20 heavy (non-hydrogen) atoms. The standard InChI is InChI=1S/C14H9BrF2N2O/c15-7-1-2-11-12(3-7)19-14(20)13(11)18-10-5-8(16)4-9(17)6-10/h1-6,13,18H,(H,19,20). The molecule has 102 valence electrons. The van der Waals surface area contributed by atoms with Gasteiger partial charge in [-0.2, -0.15) is 0 Å². The molecule has 0 fully saturated rings. The largest absolute Gasteiger partial charge is 0.370 e. The van der Waals surface area contributed by atoms with Gasteiger partial charge in [0.2, 0.25) is 0 Å². The number of halogens is 3. The highest BCUT2D eigenvalue weighted by molar-refractivity contribution is 9.10. The van der Waals surface area contributed by atoms with E-state index >= 15 is 0 Å². The van der Waals surface area contributed by atoms with E-state index in [1.165, 1.54) is 0 Å². The molecule has 1 aliphatic rings. The van der Waals surface area contributed by atoms with E-state index in [2.05, 4.69) is 26.6 Å². The van der Waals surface area contributed by atoms with Gasteiger partial charge in [-0.1, -0.05) is 22.0 Å². The summed E-state index contributed by atoms with van der Waals surface area (Å²) in [4.78, 5) is 11.9. The Morgan fingerprint density at radius 2 is 1.80 bits per heavy atom. The van der Waals surface area contributed by atoms with Crippen LogP contribution in [0.3, 0.4) is 0 Å². The summed E-state index contributed by atoms with van der Waals surface area (Å²) < 4.78 is 27.2. The average Bonchev–Trinajstić information content (AvgIpc) is 2.64. The molecule has 0 saturated heterocycles. The van der Waals surface area contributed by atoms with Gasteiger partial charge in [-0.25, -0.2) is 8.78 Å². The van der Waals surface area contributed by atoms with Gasteiger partial charge in [0, 0.05) is 27.5 Å². The van der Waals surface area contributed by atoms with Crippen LogP contribution in [-0.4, -0.2) is 5.91 Å². The van der Waals surface area contributed by atoms with Crippen LogP contribution in [-0.2, 0) is 4.79 Å². The Morgan fingerprint density at radius 3 is 2.50 bits per heavy atom. The Hall–Kier alpha value is -1.95. The molecule has 1 aliphatic heterocycles. The molecule has 2 N–H and O–H groups in total. The van der Waals surface area contributed by atoms with Crippen LogP contribution in [0.2, 0.25) is 0 Å². The van der Waals surface area contributed by atoms with Gasteiger partial charge in [-0.3, -0.25) is 4.79 Å². The Labute approximate surface area is 122 Å². The summed E-state index contributed by atoms with van der Waals surface area (Å²) in [7, 11) is 0. The Kier molecular flexibility index (Phi) is 3.17. The fourth-order valence-corrected chi connectivity index (χ4v) is 2.54. The SMILES string of the molecule is O=C1Nc2cc(Br)ccc2C1Nc1cc(F)cc(F)c1. The lowest BCUT2D eigenvalue weighted by atomic mass is 10.1. The van der Waals surface area contributed by atoms with Gasteiger partial charge in [0.25, 0.3) is 5.91 Å². The van der Waals surface area contributed by atoms with E-state index in [0.717, 1.165) is 28.2 Å². The molecule has 0 radical (unpaired) electrons. The predicted octanol–water partition coefficient (Wildman–Crippen LogP) is 3.83. The molecule has 2 aromatic carbocycles. The molecule has 0 aromatic heterocycles. The second-order valence-corrected chi connectivity index (χ2v) is 5.37. The molecular formula is C14H9BrF2N2O. The van der Waals surface area contributed by atoms with E-state index in [-0.39, 0.29) is 11.6 Å². The number of benzene rings is 2. The molecule has 0 spiro atoms. The van der Waals surface area contributed by atoms with Crippen molar-refractivity contribution < 1.29 is 13.6 Å². The highest BCUT2D eigenvalue weighted by Crippen LogP contribution is 2.35. The summed E-state index contributed by atoms with van der Waals surface area (Å²) in [5.41, 5.74) is 1.64. The van der Waals surface area contributed by atoms with Crippen molar-refractivity contribution in [2.45, 2.75) is 6.04 Å². The first-order valence-corrected chi connectivity index (χ1v) is 6.65. The summed E-state index contributed by atoms with van der Waals surface area (Å²) in [6.45, 7) is 0. The van der Waals surface area contributed by atoms with Crippen LogP contribution in [0.1, 0.15) is 11.6 Å². The van der Waals surface area contributed by atoms with Crippen LogP contribution in [0.5, 0.6) is 0 Å². The zero-order chi connectivity index (χ0) is 14.3. The normalized spacial score (nSPS) is 16.8. The van der Waals surface area contributed by atoms with E-state index in [0.29, 0.717) is 5.69 Å². The van der Waals surface area contributed by atoms with Crippen LogP contribution in [0.15, 0.2) is 40.9 Å². The minimum atomic E-state index is -0.693. The van der Waals surface area contributed by atoms with E-state index in [9.17, 15) is 13.6 Å². The van der Waals surface area contributed by atoms with Gasteiger partial charge in [0.1, 0.15) is 17.7 Å². The van der Waals surface area contributed by atoms with Gasteiger partial charge >= 0.3 is 0 Å². The molecule has 1 amide bonds. The van der Waals surface area contributed by atoms with Crippen molar-refractivity contribution >= 4 is 33.2 Å². The summed E-state index contributed by atoms with van der Waals surface area (Å²) in [5, 5.41) is 5.56. The highest BCUT2D eigenvalue weighted by atomic mass is 79.9. The van der Waals surface area contributed by atoms with Gasteiger partial charge in [-0.15, -0.1) is 0 Å². The van der Waals surface area contributed by atoms with E-state index in [4.69, 9.17) is 0 Å². The summed E-state index contributed by atoms with van der Waals surface area (Å²) in [5.74, 6) is -1.65. The number of hydrogen-bond donors (Lipinski definition) is 2. The second-order valence-electron chi connectivity index (χ2n) is 4.46. The Balaban J connectivity index is 1.94. The Morgan fingerprint density at radius 1 is 1.10 bits per heavy atom. The first kappa shape index (κ1) is 13.1. The lowest BCUT2D eigenvalue weighted by molar-refractivity contribution is -0.116. The number of rotatable bonds is 2. The van der Waals surface area contributed by atoms with Crippen molar-refractivity contribution in [1.29, 1.82) is 0 Å². The third-order valence-electron chi connectivity index (χ3n) is 3.02. The lowest BCUT2D eigenvalue weighted by Gasteiger charge is -2.13. The Bertz CT molecular complexity index is 685. The maximum absolute atomic E-state index is 13.2. The first-order valence-electron chi connectivity index (χ1n) is 5.86. The number of hydrogen-bond acceptors (Lipinski definition) is 2. The molecule has 3 nitrogen and oxygen atoms in total. The maximum Gasteiger partial charge on any atom is 0.251 e. The second kappa shape index (κ2) is 4.86. The number of carbonyl (C=O) groups excluding carboxylic acids is 1. The van der Waals surface area contributed by atoms with E-state index in [1.54, 1.807) is 18.2 Å². The van der Waals surface area contributed by atoms with Crippen molar-refractivity contribution in [1.82, 2.24) is 0 Å². The number of anilines is 2. The van der Waals surface area contributed by atoms with Gasteiger partial charge in [0.15, 0.2) is 0 Å². The number of nitrogens with one attached hydrogen (secondary N) is 2. The summed E-state index contributed by atoms with van der Waals surface area (Å²) in [6.07, 6.45) is 0. The third kappa shape index (κ3) is 2.38. The number of amides is 1. The summed E-state index contributed by atoms with van der Waals surface area (Å²) in [6, 6.07) is 7.77. The zero-order valence-corrected chi connectivity index (χ0v) is 11.7. The third-order valence-corrected chi connectivity index (χ3v) is 3.51. The smallest absolute Gasteiger partial charge is 0.251 e. The predicted molar refractivity (Wildman–Crippen MR) is 75.5 cm³/mol. The van der Waals surface area contributed by atoms with Crippen molar-refractivity contribution in [2.75, 3.05) is 10.6 Å². The van der Waals surface area contributed by atoms with Crippen LogP contribution in [0.25, 0.3) is 0 Å². The van der Waals surface area contributed by atoms with Crippen LogP contribution in [0.4, 0.5) is 20.2 Å². The quantitative estimate of drug-likeness (QED) is 0.873. The van der Waals surface area contributed by atoms with Crippen LogP contribution < -0.4 is 10.6 Å². The maximum atomic E-state index is 13.2. The first-order chi connectivity index (χ1) is 9.52. The molecule has 1 atom stereocenters. The van der Waals surface area contributed by atoms with Crippen molar-refractivity contribution in [3.63, 3.8) is 0 Å². The van der Waals surface area contributed by atoms with Gasteiger partial charge in [-0.05, 0) is 24.3 Å². The van der Waals surface area contributed by atoms with Crippen LogP contribution in [0, 0.1) is 11.6 Å². The molecule has 0 saturated carbocycles. The molecule has 0 aliphatic carbocycles. The van der Waals surface area contributed by atoms with Crippen LogP contribution >= 0.6 is 15.9 Å². The molecule has 1 heterocycles. The van der Waals surface area contributed by atoms with Crippen molar-refractivity contribution in [3.8, 4) is 0 Å². The summed E-state index contributed by atoms with van der Waals surface area (Å²) >= 11 is 3.32. The lowest BCUT2D eigenvalue weighted by Crippen LogP contribution is -2.19. The number of carbonyl (C=O) groups is 1. The van der Waals surface area contributed by atoms with Gasteiger partial charge in [0.05, 0.1) is 0 Å². The van der Waals surface area contributed by atoms with E-state index in [1.807, 2.05) is 0 Å². The average molecular weight is 339 g/mol. The minimum absolute atomic E-state index is 0.221. The minimum Gasteiger partial charge on any atom is -0.370 e. The monoisotopic (exact) mass is 338 g/mol. The topological polar surface area (TPSA) is 41.1 Å². The molecule has 3 rings (SSSR count). The molecule has 0 bridgehead atoms. The fourth-order valence-electron chi connectivity index (χ4n) is 2.18. The van der Waals surface area contributed by atoms with Crippen molar-refractivity contribution in [3.05, 3.63) is 58.1 Å². The molecule has 2 aromatic rings. The zero-order valence-electron chi connectivity index (χ0n) is 10.1. The molecular weight excluding hydrogens is 330 g/mol.